The van der Waals surface area contributed by atoms with E-state index in [-0.39, 0.29) is 5.75 Å². The second-order valence-electron chi connectivity index (χ2n) is 5.90. The smallest absolute Gasteiger partial charge is 0.264 e. The van der Waals surface area contributed by atoms with Gasteiger partial charge in [-0.3, -0.25) is 4.55 Å². The van der Waals surface area contributed by atoms with Crippen molar-refractivity contribution in [3.05, 3.63) is 41.0 Å². The summed E-state index contributed by atoms with van der Waals surface area (Å²) in [5.41, 5.74) is 7.95. The molecule has 0 fully saturated rings. The van der Waals surface area contributed by atoms with Crippen LogP contribution in [0.2, 0.25) is 0 Å². The average Bonchev–Trinajstić information content (AvgIpc) is 2.60. The second kappa shape index (κ2) is 9.77. The predicted molar refractivity (Wildman–Crippen MR) is 111 cm³/mol. The zero-order valence-electron chi connectivity index (χ0n) is 14.9. The minimum Gasteiger partial charge on any atom is -0.397 e. The summed E-state index contributed by atoms with van der Waals surface area (Å²) < 4.78 is 31.5. The van der Waals surface area contributed by atoms with Crippen molar-refractivity contribution in [1.29, 1.82) is 0 Å². The number of halogens is 1. The minimum atomic E-state index is -3.96. The van der Waals surface area contributed by atoms with Crippen molar-refractivity contribution in [3.8, 4) is 0 Å². The van der Waals surface area contributed by atoms with Crippen molar-refractivity contribution >= 4 is 48.9 Å². The van der Waals surface area contributed by atoms with E-state index in [1.54, 1.807) is 24.4 Å². The average molecular weight is 456 g/mol. The summed E-state index contributed by atoms with van der Waals surface area (Å²) >= 11 is 3.31. The van der Waals surface area contributed by atoms with Gasteiger partial charge in [-0.05, 0) is 59.1 Å². The van der Waals surface area contributed by atoms with Gasteiger partial charge in [0.2, 0.25) is 0 Å². The van der Waals surface area contributed by atoms with Crippen molar-refractivity contribution < 1.29 is 13.0 Å². The fraction of sp³-hybridized carbons (Fsp3) is 0.353. The molecule has 0 radical (unpaired) electrons. The van der Waals surface area contributed by atoms with Crippen LogP contribution in [0.15, 0.2) is 51.2 Å². The molecule has 0 bridgehead atoms. The van der Waals surface area contributed by atoms with Gasteiger partial charge in [-0.25, -0.2) is 4.98 Å². The number of aromatic nitrogens is 1. The lowest BCUT2D eigenvalue weighted by molar-refractivity contribution is 0.481. The lowest BCUT2D eigenvalue weighted by Crippen LogP contribution is -2.26. The van der Waals surface area contributed by atoms with E-state index >= 15 is 0 Å². The molecule has 1 heterocycles. The molecule has 0 aliphatic rings. The lowest BCUT2D eigenvalue weighted by Gasteiger charge is -2.24. The van der Waals surface area contributed by atoms with Gasteiger partial charge >= 0.3 is 0 Å². The first-order valence-electron chi connectivity index (χ1n) is 8.41. The van der Waals surface area contributed by atoms with Crippen LogP contribution in [0.5, 0.6) is 0 Å². The number of pyridine rings is 1. The molecule has 27 heavy (non-hydrogen) atoms. The molecule has 146 valence electrons. The van der Waals surface area contributed by atoms with Crippen molar-refractivity contribution in [2.75, 3.05) is 29.5 Å². The minimum absolute atomic E-state index is 0.269. The number of nitrogens with zero attached hydrogens (tertiary/aromatic N) is 4. The van der Waals surface area contributed by atoms with E-state index in [1.165, 1.54) is 0 Å². The molecule has 10 heteroatoms. The molecule has 1 aromatic heterocycles. The highest BCUT2D eigenvalue weighted by atomic mass is 79.9. The van der Waals surface area contributed by atoms with Crippen molar-refractivity contribution in [1.82, 2.24) is 4.98 Å². The Hall–Kier alpha value is -2.04. The molecule has 0 amide bonds. The van der Waals surface area contributed by atoms with E-state index in [0.29, 0.717) is 30.2 Å². The molecule has 3 N–H and O–H groups in total. The van der Waals surface area contributed by atoms with Crippen molar-refractivity contribution in [2.45, 2.75) is 19.8 Å². The van der Waals surface area contributed by atoms with Crippen LogP contribution in [-0.4, -0.2) is 36.8 Å². The van der Waals surface area contributed by atoms with Gasteiger partial charge in [0.05, 0.1) is 11.4 Å². The van der Waals surface area contributed by atoms with E-state index in [0.717, 1.165) is 23.1 Å². The third-order valence-corrected chi connectivity index (χ3v) is 4.95. The molecular weight excluding hydrogens is 434 g/mol. The molecule has 0 aliphatic carbocycles. The molecule has 0 atom stereocenters. The molecule has 0 unspecified atom stereocenters. The summed E-state index contributed by atoms with van der Waals surface area (Å²) in [7, 11) is -3.96. The van der Waals surface area contributed by atoms with E-state index in [1.807, 2.05) is 24.0 Å². The third kappa shape index (κ3) is 7.24. The summed E-state index contributed by atoms with van der Waals surface area (Å²) in [5.74, 6) is 0.203. The fourth-order valence-corrected chi connectivity index (χ4v) is 3.17. The number of hydrogen-bond donors (Lipinski definition) is 2. The second-order valence-corrected chi connectivity index (χ2v) is 8.39. The Kier molecular flexibility index (Phi) is 7.69. The highest BCUT2D eigenvalue weighted by Gasteiger charge is 2.11. The Labute approximate surface area is 167 Å². The molecule has 2 rings (SSSR count). The van der Waals surface area contributed by atoms with Crippen LogP contribution in [0.3, 0.4) is 0 Å². The first-order chi connectivity index (χ1) is 12.8. The molecule has 0 aliphatic heterocycles. The van der Waals surface area contributed by atoms with Crippen LogP contribution in [0.4, 0.5) is 22.9 Å². The maximum Gasteiger partial charge on any atom is 0.264 e. The van der Waals surface area contributed by atoms with Crippen LogP contribution in [0, 0.1) is 0 Å². The molecule has 1 aromatic carbocycles. The normalized spacial score (nSPS) is 11.8. The zero-order valence-corrected chi connectivity index (χ0v) is 17.3. The lowest BCUT2D eigenvalue weighted by atomic mass is 10.2. The topological polar surface area (TPSA) is 121 Å². The molecule has 0 saturated heterocycles. The van der Waals surface area contributed by atoms with E-state index in [9.17, 15) is 8.42 Å². The van der Waals surface area contributed by atoms with Gasteiger partial charge < -0.3 is 10.6 Å². The summed E-state index contributed by atoms with van der Waals surface area (Å²) in [4.78, 5) is 6.15. The van der Waals surface area contributed by atoms with Gasteiger partial charge in [-0.1, -0.05) is 6.92 Å². The predicted octanol–water partition coefficient (Wildman–Crippen LogP) is 4.34. The van der Waals surface area contributed by atoms with Gasteiger partial charge in [0.15, 0.2) is 5.82 Å². The van der Waals surface area contributed by atoms with Crippen LogP contribution >= 0.6 is 15.9 Å². The number of anilines is 2. The van der Waals surface area contributed by atoms with Crippen LogP contribution in [0.25, 0.3) is 0 Å². The Morgan fingerprint density at radius 3 is 2.59 bits per heavy atom. The Morgan fingerprint density at radius 1 is 1.22 bits per heavy atom. The van der Waals surface area contributed by atoms with Gasteiger partial charge in [0, 0.05) is 29.4 Å². The Bertz CT molecular complexity index is 888. The Balaban J connectivity index is 2.11. The highest BCUT2D eigenvalue weighted by molar-refractivity contribution is 9.10. The molecule has 0 saturated carbocycles. The number of nitrogen functional groups attached to an aromatic ring is 1. The number of nitrogens with two attached hydrogens (primary N) is 1. The largest absolute Gasteiger partial charge is 0.397 e. The van der Waals surface area contributed by atoms with E-state index in [2.05, 4.69) is 31.1 Å². The number of rotatable bonds is 9. The van der Waals surface area contributed by atoms with Crippen LogP contribution < -0.4 is 10.6 Å². The first-order valence-corrected chi connectivity index (χ1v) is 10.8. The zero-order chi connectivity index (χ0) is 19.9. The molecule has 8 nitrogen and oxygen atoms in total. The summed E-state index contributed by atoms with van der Waals surface area (Å²) in [6.07, 6.45) is 2.86. The summed E-state index contributed by atoms with van der Waals surface area (Å²) in [6, 6.07) is 8.97. The number of azo groups is 1. The fourth-order valence-electron chi connectivity index (χ4n) is 2.44. The Morgan fingerprint density at radius 2 is 2.00 bits per heavy atom. The summed E-state index contributed by atoms with van der Waals surface area (Å²) in [5, 5.41) is 8.21. The van der Waals surface area contributed by atoms with E-state index < -0.39 is 10.1 Å². The quantitative estimate of drug-likeness (QED) is 0.329. The maximum absolute atomic E-state index is 10.9. The van der Waals surface area contributed by atoms with E-state index in [4.69, 9.17) is 10.3 Å². The first kappa shape index (κ1) is 21.3. The molecule has 0 spiro atoms. The molecule has 2 aromatic rings. The highest BCUT2D eigenvalue weighted by Crippen LogP contribution is 2.29. The van der Waals surface area contributed by atoms with Crippen molar-refractivity contribution in [3.63, 3.8) is 0 Å². The monoisotopic (exact) mass is 455 g/mol. The van der Waals surface area contributed by atoms with Gasteiger partial charge in [0.1, 0.15) is 5.69 Å². The molecular formula is C17H22BrN5O3S. The standard InChI is InChI=1S/C17H22BrN5O3S/c1-2-8-23(9-3-10-27(24,25)26)14-5-6-16(15(19)11-14)21-22-17-7-4-13(18)12-20-17/h4-7,11-12H,2-3,8-10,19H2,1H3,(H,24,25,26)/b22-21+. The van der Waals surface area contributed by atoms with Gasteiger partial charge in [0.25, 0.3) is 10.1 Å². The summed E-state index contributed by atoms with van der Waals surface area (Å²) in [6.45, 7) is 3.28. The number of benzene rings is 1. The maximum atomic E-state index is 10.9. The third-order valence-electron chi connectivity index (χ3n) is 3.67. The van der Waals surface area contributed by atoms with Crippen molar-refractivity contribution in [2.24, 2.45) is 10.2 Å². The van der Waals surface area contributed by atoms with Crippen LogP contribution in [-0.2, 0) is 10.1 Å². The SMILES string of the molecule is CCCN(CCCS(=O)(=O)O)c1ccc(/N=N/c2ccc(Br)cn2)c(N)c1. The van der Waals surface area contributed by atoms with Gasteiger partial charge in [-0.2, -0.15) is 8.42 Å². The van der Waals surface area contributed by atoms with Crippen LogP contribution in [0.1, 0.15) is 19.8 Å². The van der Waals surface area contributed by atoms with Gasteiger partial charge in [-0.15, -0.1) is 10.2 Å². The number of hydrogen-bond acceptors (Lipinski definition) is 7.